The Morgan fingerprint density at radius 3 is 2.30 bits per heavy atom. The van der Waals surface area contributed by atoms with Gasteiger partial charge < -0.3 is 9.80 Å². The van der Waals surface area contributed by atoms with Gasteiger partial charge in [-0.2, -0.15) is 4.31 Å². The van der Waals surface area contributed by atoms with Crippen LogP contribution in [0.25, 0.3) is 0 Å². The lowest BCUT2D eigenvalue weighted by Gasteiger charge is -2.25. The summed E-state index contributed by atoms with van der Waals surface area (Å²) >= 11 is 1.22. The van der Waals surface area contributed by atoms with Gasteiger partial charge in [0.15, 0.2) is 0 Å². The van der Waals surface area contributed by atoms with Gasteiger partial charge in [-0.25, -0.2) is 8.42 Å². The van der Waals surface area contributed by atoms with Crippen LogP contribution in [0, 0.1) is 0 Å². The molecule has 30 heavy (non-hydrogen) atoms. The molecule has 1 fully saturated rings. The molecule has 1 aromatic carbocycles. The second-order valence-electron chi connectivity index (χ2n) is 7.83. The number of hydrogen-bond acceptors (Lipinski definition) is 5. The minimum Gasteiger partial charge on any atom is -0.378 e. The fourth-order valence-corrected chi connectivity index (χ4v) is 6.60. The molecule has 1 amide bonds. The SMILES string of the molecule is CCN(Cc1ccc(N(C)C)cc1)C(=O)Cc1ccc(S(=O)(=O)N2CCCCC2)s1. The van der Waals surface area contributed by atoms with E-state index in [-0.39, 0.29) is 12.3 Å². The molecule has 0 radical (unpaired) electrons. The number of amides is 1. The van der Waals surface area contributed by atoms with Crippen LogP contribution in [0.4, 0.5) is 5.69 Å². The Morgan fingerprint density at radius 2 is 1.70 bits per heavy atom. The van der Waals surface area contributed by atoms with Crippen LogP contribution in [-0.4, -0.2) is 57.3 Å². The summed E-state index contributed by atoms with van der Waals surface area (Å²) in [5.41, 5.74) is 2.20. The van der Waals surface area contributed by atoms with Gasteiger partial charge in [-0.1, -0.05) is 18.6 Å². The van der Waals surface area contributed by atoms with E-state index in [4.69, 9.17) is 0 Å². The van der Waals surface area contributed by atoms with E-state index in [1.807, 2.05) is 55.1 Å². The molecule has 1 aliphatic rings. The molecule has 0 unspecified atom stereocenters. The molecule has 2 aromatic rings. The topological polar surface area (TPSA) is 60.9 Å². The van der Waals surface area contributed by atoms with Gasteiger partial charge in [0.25, 0.3) is 10.0 Å². The van der Waals surface area contributed by atoms with Crippen molar-refractivity contribution in [1.29, 1.82) is 0 Å². The minimum atomic E-state index is -3.44. The fraction of sp³-hybridized carbons (Fsp3) is 0.500. The van der Waals surface area contributed by atoms with Crippen LogP contribution in [0.1, 0.15) is 36.6 Å². The molecular weight excluding hydrogens is 418 g/mol. The fourth-order valence-electron chi connectivity index (χ4n) is 3.58. The number of carbonyl (C=O) groups is 1. The van der Waals surface area contributed by atoms with Gasteiger partial charge in [0.05, 0.1) is 6.42 Å². The number of sulfonamides is 1. The smallest absolute Gasteiger partial charge is 0.252 e. The van der Waals surface area contributed by atoms with Crippen molar-refractivity contribution >= 4 is 33.0 Å². The van der Waals surface area contributed by atoms with Gasteiger partial charge in [-0.05, 0) is 49.6 Å². The van der Waals surface area contributed by atoms with Gasteiger partial charge in [0.1, 0.15) is 4.21 Å². The summed E-state index contributed by atoms with van der Waals surface area (Å²) < 4.78 is 27.6. The predicted molar refractivity (Wildman–Crippen MR) is 122 cm³/mol. The molecule has 0 spiro atoms. The number of rotatable bonds is 8. The summed E-state index contributed by atoms with van der Waals surface area (Å²) in [5, 5.41) is 0. The second kappa shape index (κ2) is 9.94. The van der Waals surface area contributed by atoms with Crippen molar-refractivity contribution in [2.24, 2.45) is 0 Å². The highest BCUT2D eigenvalue weighted by Crippen LogP contribution is 2.27. The van der Waals surface area contributed by atoms with E-state index in [9.17, 15) is 13.2 Å². The molecule has 0 N–H and O–H groups in total. The van der Waals surface area contributed by atoms with Crippen molar-refractivity contribution in [2.75, 3.05) is 38.6 Å². The molecule has 1 saturated heterocycles. The second-order valence-corrected chi connectivity index (χ2v) is 11.2. The lowest BCUT2D eigenvalue weighted by atomic mass is 10.1. The first-order chi connectivity index (χ1) is 14.3. The van der Waals surface area contributed by atoms with Crippen LogP contribution in [0.2, 0.25) is 0 Å². The highest BCUT2D eigenvalue weighted by atomic mass is 32.2. The molecule has 0 saturated carbocycles. The van der Waals surface area contributed by atoms with E-state index in [1.165, 1.54) is 11.3 Å². The molecule has 164 valence electrons. The number of thiophene rings is 1. The predicted octanol–water partition coefficient (Wildman–Crippen LogP) is 3.58. The zero-order valence-corrected chi connectivity index (χ0v) is 19.6. The molecule has 2 heterocycles. The Hall–Kier alpha value is -1.90. The number of benzene rings is 1. The van der Waals surface area contributed by atoms with E-state index in [0.29, 0.717) is 30.4 Å². The highest BCUT2D eigenvalue weighted by Gasteiger charge is 2.27. The summed E-state index contributed by atoms with van der Waals surface area (Å²) in [5.74, 6) is 0.0120. The third-order valence-corrected chi connectivity index (χ3v) is 8.88. The molecule has 0 aliphatic carbocycles. The third-order valence-electron chi connectivity index (χ3n) is 5.43. The first-order valence-electron chi connectivity index (χ1n) is 10.4. The standard InChI is InChI=1S/C22H31N3O3S2/c1-4-24(17-18-8-10-19(11-9-18)23(2)3)21(26)16-20-12-13-22(29-20)30(27,28)25-14-6-5-7-15-25/h8-13H,4-7,14-17H2,1-3H3. The Labute approximate surface area is 184 Å². The minimum absolute atomic E-state index is 0.0120. The number of anilines is 1. The zero-order valence-electron chi connectivity index (χ0n) is 18.0. The lowest BCUT2D eigenvalue weighted by molar-refractivity contribution is -0.130. The molecule has 0 bridgehead atoms. The van der Waals surface area contributed by atoms with Crippen LogP contribution in [-0.2, 0) is 27.8 Å². The van der Waals surface area contributed by atoms with Gasteiger partial charge >= 0.3 is 0 Å². The summed E-state index contributed by atoms with van der Waals surface area (Å²) in [6.07, 6.45) is 3.14. The summed E-state index contributed by atoms with van der Waals surface area (Å²) in [4.78, 5) is 17.5. The maximum Gasteiger partial charge on any atom is 0.252 e. The van der Waals surface area contributed by atoms with E-state index in [2.05, 4.69) is 0 Å². The molecule has 6 nitrogen and oxygen atoms in total. The first-order valence-corrected chi connectivity index (χ1v) is 12.7. The summed E-state index contributed by atoms with van der Waals surface area (Å²) in [6, 6.07) is 11.6. The third kappa shape index (κ3) is 5.42. The largest absolute Gasteiger partial charge is 0.378 e. The van der Waals surface area contributed by atoms with Crippen LogP contribution >= 0.6 is 11.3 Å². The van der Waals surface area contributed by atoms with E-state index < -0.39 is 10.0 Å². The Balaban J connectivity index is 1.64. The molecule has 3 rings (SSSR count). The quantitative estimate of drug-likeness (QED) is 0.618. The molecule has 1 aliphatic heterocycles. The van der Waals surface area contributed by atoms with Crippen molar-refractivity contribution in [3.8, 4) is 0 Å². The monoisotopic (exact) mass is 449 g/mol. The van der Waals surface area contributed by atoms with E-state index in [1.54, 1.807) is 16.4 Å². The van der Waals surface area contributed by atoms with Gasteiger partial charge in [-0.3, -0.25) is 4.79 Å². The van der Waals surface area contributed by atoms with Crippen LogP contribution < -0.4 is 4.90 Å². The van der Waals surface area contributed by atoms with E-state index >= 15 is 0 Å². The van der Waals surface area contributed by atoms with Crippen molar-refractivity contribution in [3.05, 3.63) is 46.8 Å². The Kier molecular flexibility index (Phi) is 7.55. The summed E-state index contributed by atoms with van der Waals surface area (Å²) in [7, 11) is 0.556. The van der Waals surface area contributed by atoms with Crippen LogP contribution in [0.3, 0.4) is 0 Å². The average Bonchev–Trinajstić information content (AvgIpc) is 3.22. The Bertz CT molecular complexity index is 946. The van der Waals surface area contributed by atoms with Crippen LogP contribution in [0.15, 0.2) is 40.6 Å². The molecule has 8 heteroatoms. The maximum atomic E-state index is 12.8. The highest BCUT2D eigenvalue weighted by molar-refractivity contribution is 7.91. The molecule has 0 atom stereocenters. The van der Waals surface area contributed by atoms with Crippen molar-refractivity contribution < 1.29 is 13.2 Å². The number of hydrogen-bond donors (Lipinski definition) is 0. The maximum absolute atomic E-state index is 12.8. The van der Waals surface area contributed by atoms with E-state index in [0.717, 1.165) is 35.4 Å². The summed E-state index contributed by atoms with van der Waals surface area (Å²) in [6.45, 7) is 4.30. The lowest BCUT2D eigenvalue weighted by Crippen LogP contribution is -2.35. The van der Waals surface area contributed by atoms with Crippen molar-refractivity contribution in [2.45, 2.75) is 43.4 Å². The van der Waals surface area contributed by atoms with Crippen molar-refractivity contribution in [1.82, 2.24) is 9.21 Å². The van der Waals surface area contributed by atoms with Crippen molar-refractivity contribution in [3.63, 3.8) is 0 Å². The zero-order chi connectivity index (χ0) is 21.7. The number of piperidine rings is 1. The number of likely N-dealkylation sites (N-methyl/N-ethyl adjacent to an activating group) is 1. The first kappa shape index (κ1) is 22.8. The number of carbonyl (C=O) groups excluding carboxylic acids is 1. The Morgan fingerprint density at radius 1 is 1.03 bits per heavy atom. The molecule has 1 aromatic heterocycles. The average molecular weight is 450 g/mol. The molecular formula is C22H31N3O3S2. The van der Waals surface area contributed by atoms with Gasteiger partial charge in [0, 0.05) is 50.8 Å². The van der Waals surface area contributed by atoms with Crippen LogP contribution in [0.5, 0.6) is 0 Å². The number of nitrogens with zero attached hydrogens (tertiary/aromatic N) is 3. The normalized spacial score (nSPS) is 15.2. The van der Waals surface area contributed by atoms with Gasteiger partial charge in [-0.15, -0.1) is 11.3 Å². The van der Waals surface area contributed by atoms with Gasteiger partial charge in [0.2, 0.25) is 5.91 Å².